The van der Waals surface area contributed by atoms with Crippen LogP contribution in [-0.4, -0.2) is 43.5 Å². The van der Waals surface area contributed by atoms with E-state index in [4.69, 9.17) is 0 Å². The van der Waals surface area contributed by atoms with Crippen LogP contribution in [0.4, 0.5) is 0 Å². The van der Waals surface area contributed by atoms with Gasteiger partial charge in [0.2, 0.25) is 0 Å². The fourth-order valence-electron chi connectivity index (χ4n) is 1.14. The van der Waals surface area contributed by atoms with E-state index in [0.29, 0.717) is 12.6 Å². The standard InChI is InChI=1S/C11H25NO2S2/c1-10(6-8-15-5)12-7-9-16(13,14)11(2,3)4/h10,12H,6-9H2,1-5H3. The lowest BCUT2D eigenvalue weighted by molar-refractivity contribution is 0.534. The molecule has 1 N–H and O–H groups in total. The molecule has 0 fully saturated rings. The van der Waals surface area contributed by atoms with E-state index in [1.807, 2.05) is 11.8 Å². The Labute approximate surface area is 105 Å². The summed E-state index contributed by atoms with van der Waals surface area (Å²) in [7, 11) is -2.98. The van der Waals surface area contributed by atoms with Crippen molar-refractivity contribution >= 4 is 21.6 Å². The summed E-state index contributed by atoms with van der Waals surface area (Å²) >= 11 is 1.81. The topological polar surface area (TPSA) is 46.2 Å². The van der Waals surface area contributed by atoms with Gasteiger partial charge in [-0.1, -0.05) is 0 Å². The Morgan fingerprint density at radius 1 is 1.31 bits per heavy atom. The number of hydrogen-bond acceptors (Lipinski definition) is 4. The smallest absolute Gasteiger partial charge is 0.156 e. The Kier molecular flexibility index (Phi) is 6.98. The van der Waals surface area contributed by atoms with E-state index in [9.17, 15) is 8.42 Å². The molecule has 3 nitrogen and oxygen atoms in total. The van der Waals surface area contributed by atoms with E-state index < -0.39 is 14.6 Å². The van der Waals surface area contributed by atoms with Crippen LogP contribution in [0.5, 0.6) is 0 Å². The first-order valence-electron chi connectivity index (χ1n) is 5.65. The van der Waals surface area contributed by atoms with Gasteiger partial charge in [-0.25, -0.2) is 8.42 Å². The minimum absolute atomic E-state index is 0.222. The largest absolute Gasteiger partial charge is 0.313 e. The molecular formula is C11H25NO2S2. The molecule has 0 radical (unpaired) electrons. The molecule has 0 spiro atoms. The molecule has 0 heterocycles. The molecule has 0 saturated heterocycles. The van der Waals surface area contributed by atoms with Crippen LogP contribution in [0.25, 0.3) is 0 Å². The zero-order valence-corrected chi connectivity index (χ0v) is 12.7. The van der Waals surface area contributed by atoms with Crippen LogP contribution in [0.3, 0.4) is 0 Å². The second kappa shape index (κ2) is 6.87. The van der Waals surface area contributed by atoms with Crippen molar-refractivity contribution in [3.63, 3.8) is 0 Å². The summed E-state index contributed by atoms with van der Waals surface area (Å²) < 4.78 is 23.0. The average molecular weight is 267 g/mol. The second-order valence-electron chi connectivity index (χ2n) is 5.07. The van der Waals surface area contributed by atoms with Crippen LogP contribution in [0.15, 0.2) is 0 Å². The van der Waals surface area contributed by atoms with Gasteiger partial charge in [0.05, 0.1) is 10.5 Å². The molecule has 0 aliphatic carbocycles. The van der Waals surface area contributed by atoms with Gasteiger partial charge < -0.3 is 5.32 Å². The maximum Gasteiger partial charge on any atom is 0.156 e. The molecular weight excluding hydrogens is 242 g/mol. The van der Waals surface area contributed by atoms with Crippen molar-refractivity contribution < 1.29 is 8.42 Å². The molecule has 0 aromatic heterocycles. The molecule has 0 rings (SSSR count). The Hall–Kier alpha value is 0.260. The third kappa shape index (κ3) is 6.11. The molecule has 16 heavy (non-hydrogen) atoms. The molecule has 98 valence electrons. The van der Waals surface area contributed by atoms with E-state index in [-0.39, 0.29) is 5.75 Å². The van der Waals surface area contributed by atoms with Crippen LogP contribution in [0.1, 0.15) is 34.1 Å². The van der Waals surface area contributed by atoms with Gasteiger partial charge in [-0.05, 0) is 46.1 Å². The summed E-state index contributed by atoms with van der Waals surface area (Å²) in [5.41, 5.74) is 0. The summed E-state index contributed by atoms with van der Waals surface area (Å²) in [5, 5.41) is 3.25. The van der Waals surface area contributed by atoms with Gasteiger partial charge in [-0.3, -0.25) is 0 Å². The van der Waals surface area contributed by atoms with Crippen LogP contribution in [0, 0.1) is 0 Å². The lowest BCUT2D eigenvalue weighted by Crippen LogP contribution is -2.37. The first-order chi connectivity index (χ1) is 7.20. The fourth-order valence-corrected chi connectivity index (χ4v) is 2.73. The van der Waals surface area contributed by atoms with Gasteiger partial charge in [0, 0.05) is 12.6 Å². The monoisotopic (exact) mass is 267 g/mol. The highest BCUT2D eigenvalue weighted by Crippen LogP contribution is 2.15. The highest BCUT2D eigenvalue weighted by Gasteiger charge is 2.28. The Morgan fingerprint density at radius 3 is 2.31 bits per heavy atom. The van der Waals surface area contributed by atoms with Gasteiger partial charge in [0.1, 0.15) is 0 Å². The van der Waals surface area contributed by atoms with Crippen LogP contribution in [-0.2, 0) is 9.84 Å². The molecule has 5 heteroatoms. The minimum atomic E-state index is -2.98. The van der Waals surface area contributed by atoms with Crippen LogP contribution in [0.2, 0.25) is 0 Å². The molecule has 0 bridgehead atoms. The summed E-state index contributed by atoms with van der Waals surface area (Å²) in [4.78, 5) is 0. The van der Waals surface area contributed by atoms with Crippen molar-refractivity contribution in [2.75, 3.05) is 24.3 Å². The lowest BCUT2D eigenvalue weighted by Gasteiger charge is -2.20. The van der Waals surface area contributed by atoms with Crippen LogP contribution < -0.4 is 5.32 Å². The zero-order chi connectivity index (χ0) is 12.8. The lowest BCUT2D eigenvalue weighted by atomic mass is 10.2. The van der Waals surface area contributed by atoms with E-state index in [0.717, 1.165) is 12.2 Å². The predicted octanol–water partition coefficient (Wildman–Crippen LogP) is 1.93. The first kappa shape index (κ1) is 16.3. The molecule has 0 amide bonds. The van der Waals surface area contributed by atoms with Crippen molar-refractivity contribution in [2.24, 2.45) is 0 Å². The summed E-state index contributed by atoms with van der Waals surface area (Å²) in [6, 6.07) is 0.391. The van der Waals surface area contributed by atoms with Crippen LogP contribution >= 0.6 is 11.8 Å². The first-order valence-corrected chi connectivity index (χ1v) is 8.70. The molecule has 0 aliphatic rings. The molecule has 0 saturated carbocycles. The minimum Gasteiger partial charge on any atom is -0.313 e. The molecule has 1 unspecified atom stereocenters. The quantitative estimate of drug-likeness (QED) is 0.765. The number of sulfone groups is 1. The average Bonchev–Trinajstić information content (AvgIpc) is 2.12. The van der Waals surface area contributed by atoms with Gasteiger partial charge in [-0.2, -0.15) is 11.8 Å². The Bertz CT molecular complexity index is 281. The summed E-state index contributed by atoms with van der Waals surface area (Å²) in [5.74, 6) is 1.33. The number of thioether (sulfide) groups is 1. The van der Waals surface area contributed by atoms with Crippen molar-refractivity contribution in [3.8, 4) is 0 Å². The highest BCUT2D eigenvalue weighted by molar-refractivity contribution is 7.98. The SMILES string of the molecule is CSCCC(C)NCCS(=O)(=O)C(C)(C)C. The number of rotatable bonds is 7. The summed E-state index contributed by atoms with van der Waals surface area (Å²) in [6.07, 6.45) is 3.16. The van der Waals surface area contributed by atoms with Gasteiger partial charge >= 0.3 is 0 Å². The van der Waals surface area contributed by atoms with Crippen molar-refractivity contribution in [1.29, 1.82) is 0 Å². The molecule has 1 atom stereocenters. The van der Waals surface area contributed by atoms with Gasteiger partial charge in [-0.15, -0.1) is 0 Å². The van der Waals surface area contributed by atoms with E-state index in [1.54, 1.807) is 20.8 Å². The van der Waals surface area contributed by atoms with Crippen molar-refractivity contribution in [1.82, 2.24) is 5.32 Å². The van der Waals surface area contributed by atoms with Gasteiger partial charge in [0.15, 0.2) is 9.84 Å². The maximum absolute atomic E-state index is 11.8. The van der Waals surface area contributed by atoms with E-state index >= 15 is 0 Å². The fraction of sp³-hybridized carbons (Fsp3) is 1.00. The van der Waals surface area contributed by atoms with Gasteiger partial charge in [0.25, 0.3) is 0 Å². The number of hydrogen-bond donors (Lipinski definition) is 1. The molecule has 0 aromatic carbocycles. The third-order valence-corrected chi connectivity index (χ3v) is 5.80. The molecule has 0 aromatic rings. The van der Waals surface area contributed by atoms with Crippen molar-refractivity contribution in [3.05, 3.63) is 0 Å². The number of nitrogens with one attached hydrogen (secondary N) is 1. The van der Waals surface area contributed by atoms with Crippen molar-refractivity contribution in [2.45, 2.75) is 44.9 Å². The zero-order valence-electron chi connectivity index (χ0n) is 11.0. The third-order valence-electron chi connectivity index (χ3n) is 2.55. The maximum atomic E-state index is 11.8. The second-order valence-corrected chi connectivity index (χ2v) is 8.92. The predicted molar refractivity (Wildman–Crippen MR) is 74.0 cm³/mol. The highest BCUT2D eigenvalue weighted by atomic mass is 32.2. The van der Waals surface area contributed by atoms with E-state index in [2.05, 4.69) is 18.5 Å². The Morgan fingerprint density at radius 2 is 1.88 bits per heavy atom. The Balaban J connectivity index is 3.91. The normalized spacial score (nSPS) is 15.1. The van der Waals surface area contributed by atoms with E-state index in [1.165, 1.54) is 0 Å². The molecule has 0 aliphatic heterocycles. The summed E-state index contributed by atoms with van der Waals surface area (Å²) in [6.45, 7) is 7.90.